The minimum atomic E-state index is -0.0379. The molecule has 2 aliphatic rings. The topological polar surface area (TPSA) is 0 Å². The van der Waals surface area contributed by atoms with Crippen LogP contribution in [-0.4, -0.2) is 0 Å². The highest BCUT2D eigenvalue weighted by Crippen LogP contribution is 2.51. The second-order valence-electron chi connectivity index (χ2n) is 15.3. The van der Waals surface area contributed by atoms with Crippen molar-refractivity contribution in [2.75, 3.05) is 0 Å². The van der Waals surface area contributed by atoms with Crippen LogP contribution in [0.1, 0.15) is 70.2 Å². The van der Waals surface area contributed by atoms with E-state index in [1.54, 1.807) is 0 Å². The predicted molar refractivity (Wildman–Crippen MR) is 222 cm³/mol. The zero-order valence-electron chi connectivity index (χ0n) is 30.1. The fourth-order valence-corrected chi connectivity index (χ4v) is 9.23. The van der Waals surface area contributed by atoms with Gasteiger partial charge in [-0.1, -0.05) is 202 Å². The number of hydrogen-bond acceptors (Lipinski definition) is 0. The summed E-state index contributed by atoms with van der Waals surface area (Å²) >= 11 is 0. The second-order valence-corrected chi connectivity index (χ2v) is 15.3. The maximum Gasteiger partial charge on any atom is 0.0352 e. The average Bonchev–Trinajstić information content (AvgIpc) is 3.67. The van der Waals surface area contributed by atoms with Crippen molar-refractivity contribution < 1.29 is 0 Å². The molecule has 0 N–H and O–H groups in total. The van der Waals surface area contributed by atoms with Gasteiger partial charge in [0.05, 0.1) is 0 Å². The Hall–Kier alpha value is -6.24. The third-order valence-corrected chi connectivity index (χ3v) is 11.9. The summed E-state index contributed by atoms with van der Waals surface area (Å²) in [5.74, 6) is 0.357. The molecule has 0 heteroatoms. The molecule has 0 bridgehead atoms. The van der Waals surface area contributed by atoms with E-state index in [9.17, 15) is 0 Å². The predicted octanol–water partition coefficient (Wildman–Crippen LogP) is 13.7. The van der Waals surface area contributed by atoms with Crippen molar-refractivity contribution in [3.8, 4) is 44.5 Å². The summed E-state index contributed by atoms with van der Waals surface area (Å²) in [5.41, 5.74) is 21.2. The maximum absolute atomic E-state index is 2.48. The maximum atomic E-state index is 2.48. The SMILES string of the molecule is CC1(C)c2ccccc2-c2ccc(C(c3ccccc3)c3ccc(-c4ccc5c(c4)-c4ccccc4C5c4ccc(-c5ccccc5)cc4)cc3)cc21. The lowest BCUT2D eigenvalue weighted by Crippen LogP contribution is -2.15. The van der Waals surface area contributed by atoms with E-state index in [0.717, 1.165) is 0 Å². The molecule has 0 aromatic heterocycles. The van der Waals surface area contributed by atoms with Crippen LogP contribution in [0.4, 0.5) is 0 Å². The van der Waals surface area contributed by atoms with Gasteiger partial charge in [0.25, 0.3) is 0 Å². The van der Waals surface area contributed by atoms with Gasteiger partial charge in [0.15, 0.2) is 0 Å². The molecular weight excluding hydrogens is 637 g/mol. The van der Waals surface area contributed by atoms with Gasteiger partial charge in [-0.25, -0.2) is 0 Å². The first-order chi connectivity index (χ1) is 26.0. The van der Waals surface area contributed by atoms with Gasteiger partial charge in [-0.2, -0.15) is 0 Å². The summed E-state index contributed by atoms with van der Waals surface area (Å²) in [6.07, 6.45) is 0. The van der Waals surface area contributed by atoms with E-state index in [0.29, 0.717) is 0 Å². The molecule has 2 aliphatic carbocycles. The Morgan fingerprint density at radius 3 is 1.66 bits per heavy atom. The molecule has 10 rings (SSSR count). The molecule has 252 valence electrons. The summed E-state index contributed by atoms with van der Waals surface area (Å²) in [7, 11) is 0. The zero-order valence-corrected chi connectivity index (χ0v) is 30.1. The van der Waals surface area contributed by atoms with Crippen LogP contribution < -0.4 is 0 Å². The van der Waals surface area contributed by atoms with Gasteiger partial charge in [-0.15, -0.1) is 0 Å². The van der Waals surface area contributed by atoms with Crippen LogP contribution in [0.15, 0.2) is 194 Å². The molecule has 0 heterocycles. The lowest BCUT2D eigenvalue weighted by molar-refractivity contribution is 0.659. The van der Waals surface area contributed by atoms with Crippen LogP contribution in [0.3, 0.4) is 0 Å². The van der Waals surface area contributed by atoms with Crippen molar-refractivity contribution in [1.82, 2.24) is 0 Å². The molecule has 0 nitrogen and oxygen atoms in total. The monoisotopic (exact) mass is 676 g/mol. The number of fused-ring (bicyclic) bond motifs is 6. The zero-order chi connectivity index (χ0) is 35.5. The Bertz CT molecular complexity index is 2610. The lowest BCUT2D eigenvalue weighted by Gasteiger charge is -2.24. The molecule has 8 aromatic carbocycles. The minimum absolute atomic E-state index is 0.0379. The Balaban J connectivity index is 1.00. The summed E-state index contributed by atoms with van der Waals surface area (Å²) in [6.45, 7) is 4.74. The molecule has 0 radical (unpaired) electrons. The molecule has 0 saturated carbocycles. The third-order valence-electron chi connectivity index (χ3n) is 11.9. The van der Waals surface area contributed by atoms with Gasteiger partial charge in [0.1, 0.15) is 0 Å². The Kier molecular flexibility index (Phi) is 7.41. The van der Waals surface area contributed by atoms with Crippen molar-refractivity contribution in [3.05, 3.63) is 239 Å². The molecule has 0 spiro atoms. The Labute approximate surface area is 313 Å². The first kappa shape index (κ1) is 31.5. The van der Waals surface area contributed by atoms with Crippen molar-refractivity contribution in [2.24, 2.45) is 0 Å². The van der Waals surface area contributed by atoms with Gasteiger partial charge in [0.2, 0.25) is 0 Å². The van der Waals surface area contributed by atoms with E-state index in [4.69, 9.17) is 0 Å². The fraction of sp³-hybridized carbons (Fsp3) is 0.0943. The van der Waals surface area contributed by atoms with Gasteiger partial charge in [-0.05, 0) is 95.1 Å². The molecule has 2 atom stereocenters. The number of benzene rings is 8. The van der Waals surface area contributed by atoms with Crippen molar-refractivity contribution in [1.29, 1.82) is 0 Å². The highest BCUT2D eigenvalue weighted by molar-refractivity contribution is 5.85. The number of hydrogen-bond donors (Lipinski definition) is 0. The lowest BCUT2D eigenvalue weighted by atomic mass is 9.79. The highest BCUT2D eigenvalue weighted by Gasteiger charge is 2.36. The quantitative estimate of drug-likeness (QED) is 0.154. The van der Waals surface area contributed by atoms with E-state index < -0.39 is 0 Å². The molecular formula is C53H40. The van der Waals surface area contributed by atoms with Crippen LogP contribution in [0.2, 0.25) is 0 Å². The number of rotatable bonds is 6. The smallest absolute Gasteiger partial charge is 0.0352 e. The summed E-state index contributed by atoms with van der Waals surface area (Å²) in [5, 5.41) is 0. The first-order valence-corrected chi connectivity index (χ1v) is 18.8. The van der Waals surface area contributed by atoms with Crippen LogP contribution in [0.25, 0.3) is 44.5 Å². The van der Waals surface area contributed by atoms with Crippen LogP contribution in [0, 0.1) is 0 Å². The van der Waals surface area contributed by atoms with Gasteiger partial charge >= 0.3 is 0 Å². The van der Waals surface area contributed by atoms with Gasteiger partial charge in [-0.3, -0.25) is 0 Å². The first-order valence-electron chi connectivity index (χ1n) is 18.8. The second kappa shape index (κ2) is 12.5. The normalized spacial score (nSPS) is 15.2. The van der Waals surface area contributed by atoms with E-state index in [1.807, 2.05) is 0 Å². The highest BCUT2D eigenvalue weighted by atomic mass is 14.4. The Morgan fingerprint density at radius 2 is 0.887 bits per heavy atom. The summed E-state index contributed by atoms with van der Waals surface area (Å²) in [6, 6.07) is 72.3. The van der Waals surface area contributed by atoms with Crippen LogP contribution in [0.5, 0.6) is 0 Å². The fourth-order valence-electron chi connectivity index (χ4n) is 9.23. The van der Waals surface area contributed by atoms with E-state index in [2.05, 4.69) is 208 Å². The third kappa shape index (κ3) is 5.20. The standard InChI is InChI=1S/C53H40/c1-53(2)49-20-12-11-18-44(49)45-31-30-42(34-50(45)53)51(38-15-7-4-8-16-38)39-25-23-37(24-26-39)41-29-32-47-48(33-41)43-17-9-10-19-46(43)52(47)40-27-21-36(22-28-40)35-13-5-3-6-14-35/h3-34,51-52H,1-2H3. The minimum Gasteiger partial charge on any atom is -0.0622 e. The van der Waals surface area contributed by atoms with Crippen molar-refractivity contribution in [2.45, 2.75) is 31.1 Å². The largest absolute Gasteiger partial charge is 0.0622 e. The molecule has 53 heavy (non-hydrogen) atoms. The van der Waals surface area contributed by atoms with Crippen molar-refractivity contribution >= 4 is 0 Å². The van der Waals surface area contributed by atoms with E-state index in [1.165, 1.54) is 89.0 Å². The molecule has 0 aliphatic heterocycles. The molecule has 0 saturated heterocycles. The van der Waals surface area contributed by atoms with Gasteiger partial charge in [0, 0.05) is 17.3 Å². The molecule has 8 aromatic rings. The molecule has 2 unspecified atom stereocenters. The van der Waals surface area contributed by atoms with E-state index in [-0.39, 0.29) is 17.3 Å². The molecule has 0 fully saturated rings. The van der Waals surface area contributed by atoms with Crippen LogP contribution in [-0.2, 0) is 5.41 Å². The van der Waals surface area contributed by atoms with Crippen LogP contribution >= 0.6 is 0 Å². The van der Waals surface area contributed by atoms with Crippen molar-refractivity contribution in [3.63, 3.8) is 0 Å². The average molecular weight is 677 g/mol. The molecule has 0 amide bonds. The van der Waals surface area contributed by atoms with Gasteiger partial charge < -0.3 is 0 Å². The van der Waals surface area contributed by atoms with E-state index >= 15 is 0 Å². The summed E-state index contributed by atoms with van der Waals surface area (Å²) < 4.78 is 0. The summed E-state index contributed by atoms with van der Waals surface area (Å²) in [4.78, 5) is 0. The Morgan fingerprint density at radius 1 is 0.358 bits per heavy atom.